The third kappa shape index (κ3) is 3.37. The summed E-state index contributed by atoms with van der Waals surface area (Å²) >= 11 is 0. The van der Waals surface area contributed by atoms with Crippen LogP contribution >= 0.6 is 0 Å². The minimum Gasteiger partial charge on any atom is -0.280 e. The average molecular weight is 311 g/mol. The number of anilines is 1. The van der Waals surface area contributed by atoms with Crippen LogP contribution in [0.5, 0.6) is 0 Å². The molecule has 0 aliphatic carbocycles. The van der Waals surface area contributed by atoms with Crippen LogP contribution in [0.4, 0.5) is 5.69 Å². The van der Waals surface area contributed by atoms with Crippen molar-refractivity contribution in [2.75, 3.05) is 11.0 Å². The lowest BCUT2D eigenvalue weighted by Crippen LogP contribution is -2.13. The SMILES string of the molecule is CS(=O)(=O)c1cccc(NS(=O)(=O)c2ccccc2)c1. The summed E-state index contributed by atoms with van der Waals surface area (Å²) in [5.74, 6) is 0. The van der Waals surface area contributed by atoms with E-state index in [9.17, 15) is 16.8 Å². The van der Waals surface area contributed by atoms with Crippen molar-refractivity contribution in [3.05, 3.63) is 54.6 Å². The molecule has 7 heteroatoms. The smallest absolute Gasteiger partial charge is 0.261 e. The van der Waals surface area contributed by atoms with Crippen molar-refractivity contribution in [2.45, 2.75) is 9.79 Å². The Hall–Kier alpha value is -1.86. The number of nitrogens with one attached hydrogen (secondary N) is 1. The fraction of sp³-hybridized carbons (Fsp3) is 0.0769. The zero-order valence-electron chi connectivity index (χ0n) is 10.6. The Labute approximate surface area is 118 Å². The predicted octanol–water partition coefficient (Wildman–Crippen LogP) is 1.89. The van der Waals surface area contributed by atoms with Crippen LogP contribution in [0.15, 0.2) is 64.4 Å². The zero-order valence-corrected chi connectivity index (χ0v) is 12.3. The number of benzene rings is 2. The van der Waals surface area contributed by atoms with E-state index in [1.807, 2.05) is 0 Å². The molecule has 0 fully saturated rings. The quantitative estimate of drug-likeness (QED) is 0.935. The first-order valence-electron chi connectivity index (χ1n) is 5.67. The molecular formula is C13H13NO4S2. The van der Waals surface area contributed by atoms with Gasteiger partial charge in [0.25, 0.3) is 10.0 Å². The third-order valence-electron chi connectivity index (χ3n) is 2.57. The molecule has 2 aromatic rings. The topological polar surface area (TPSA) is 80.3 Å². The maximum absolute atomic E-state index is 12.1. The minimum absolute atomic E-state index is 0.0609. The van der Waals surface area contributed by atoms with Gasteiger partial charge in [-0.1, -0.05) is 24.3 Å². The third-order valence-corrected chi connectivity index (χ3v) is 5.08. The molecule has 0 radical (unpaired) electrons. The minimum atomic E-state index is -3.72. The molecule has 0 unspecified atom stereocenters. The molecule has 0 spiro atoms. The largest absolute Gasteiger partial charge is 0.280 e. The molecule has 106 valence electrons. The second-order valence-corrected chi connectivity index (χ2v) is 7.92. The predicted molar refractivity (Wildman–Crippen MR) is 76.8 cm³/mol. The summed E-state index contributed by atoms with van der Waals surface area (Å²) in [5, 5.41) is 0. The Bertz CT molecular complexity index is 812. The van der Waals surface area contributed by atoms with Crippen molar-refractivity contribution >= 4 is 25.5 Å². The molecule has 2 aromatic carbocycles. The van der Waals surface area contributed by atoms with Gasteiger partial charge in [0.05, 0.1) is 15.5 Å². The summed E-state index contributed by atoms with van der Waals surface area (Å²) in [6.45, 7) is 0. The van der Waals surface area contributed by atoms with E-state index in [-0.39, 0.29) is 15.5 Å². The fourth-order valence-corrected chi connectivity index (χ4v) is 3.34. The number of hydrogen-bond donors (Lipinski definition) is 1. The molecule has 1 N–H and O–H groups in total. The van der Waals surface area contributed by atoms with E-state index in [1.54, 1.807) is 18.2 Å². The van der Waals surface area contributed by atoms with Gasteiger partial charge in [-0.25, -0.2) is 16.8 Å². The van der Waals surface area contributed by atoms with Crippen LogP contribution in [0, 0.1) is 0 Å². The van der Waals surface area contributed by atoms with Crippen LogP contribution < -0.4 is 4.72 Å². The van der Waals surface area contributed by atoms with Crippen molar-refractivity contribution in [2.24, 2.45) is 0 Å². The standard InChI is InChI=1S/C13H13NO4S2/c1-19(15,16)13-9-5-6-11(10-13)14-20(17,18)12-7-3-2-4-8-12/h2-10,14H,1H3. The molecule has 0 bridgehead atoms. The number of hydrogen-bond acceptors (Lipinski definition) is 4. The van der Waals surface area contributed by atoms with Gasteiger partial charge in [0.2, 0.25) is 0 Å². The molecule has 0 amide bonds. The van der Waals surface area contributed by atoms with Gasteiger partial charge in [-0.15, -0.1) is 0 Å². The van der Waals surface area contributed by atoms with Crippen LogP contribution in [0.2, 0.25) is 0 Å². The highest BCUT2D eigenvalue weighted by Gasteiger charge is 2.14. The number of sulfonamides is 1. The van der Waals surface area contributed by atoms with Crippen molar-refractivity contribution in [1.82, 2.24) is 0 Å². The van der Waals surface area contributed by atoms with E-state index in [0.717, 1.165) is 6.26 Å². The van der Waals surface area contributed by atoms with Crippen molar-refractivity contribution in [3.63, 3.8) is 0 Å². The lowest BCUT2D eigenvalue weighted by atomic mass is 10.3. The first-order valence-corrected chi connectivity index (χ1v) is 9.04. The summed E-state index contributed by atoms with van der Waals surface area (Å²) in [5.41, 5.74) is 0.205. The number of rotatable bonds is 4. The molecule has 0 aliphatic rings. The van der Waals surface area contributed by atoms with Gasteiger partial charge in [-0.3, -0.25) is 4.72 Å². The van der Waals surface area contributed by atoms with Crippen molar-refractivity contribution in [1.29, 1.82) is 0 Å². The normalized spacial score (nSPS) is 12.1. The van der Waals surface area contributed by atoms with Gasteiger partial charge < -0.3 is 0 Å². The Morgan fingerprint density at radius 3 is 2.00 bits per heavy atom. The molecular weight excluding hydrogens is 298 g/mol. The monoisotopic (exact) mass is 311 g/mol. The molecule has 0 saturated carbocycles. The summed E-state index contributed by atoms with van der Waals surface area (Å²) in [4.78, 5) is 0.176. The average Bonchev–Trinajstić information content (AvgIpc) is 2.38. The van der Waals surface area contributed by atoms with Gasteiger partial charge in [0, 0.05) is 6.26 Å². The lowest BCUT2D eigenvalue weighted by Gasteiger charge is -2.09. The molecule has 0 heterocycles. The highest BCUT2D eigenvalue weighted by Crippen LogP contribution is 2.19. The van der Waals surface area contributed by atoms with Gasteiger partial charge >= 0.3 is 0 Å². The van der Waals surface area contributed by atoms with Gasteiger partial charge in [0.1, 0.15) is 0 Å². The maximum atomic E-state index is 12.1. The van der Waals surface area contributed by atoms with Crippen LogP contribution in [-0.2, 0) is 19.9 Å². The molecule has 0 atom stereocenters. The fourth-order valence-electron chi connectivity index (χ4n) is 1.60. The van der Waals surface area contributed by atoms with Gasteiger partial charge in [-0.05, 0) is 30.3 Å². The summed E-state index contributed by atoms with van der Waals surface area (Å²) in [6.07, 6.45) is 1.07. The van der Waals surface area contributed by atoms with Crippen molar-refractivity contribution in [3.8, 4) is 0 Å². The Morgan fingerprint density at radius 1 is 0.800 bits per heavy atom. The Balaban J connectivity index is 2.36. The summed E-state index contributed by atoms with van der Waals surface area (Å²) in [6, 6.07) is 13.5. The van der Waals surface area contributed by atoms with E-state index >= 15 is 0 Å². The second kappa shape index (κ2) is 5.26. The molecule has 0 aliphatic heterocycles. The van der Waals surface area contributed by atoms with E-state index in [0.29, 0.717) is 0 Å². The molecule has 5 nitrogen and oxygen atoms in total. The zero-order chi connectivity index (χ0) is 14.8. The molecule has 20 heavy (non-hydrogen) atoms. The first kappa shape index (κ1) is 14.5. The first-order chi connectivity index (χ1) is 9.29. The Morgan fingerprint density at radius 2 is 1.40 bits per heavy atom. The molecule has 2 rings (SSSR count). The van der Waals surface area contributed by atoms with Crippen LogP contribution in [0.1, 0.15) is 0 Å². The summed E-state index contributed by atoms with van der Waals surface area (Å²) < 4.78 is 49.4. The van der Waals surface area contributed by atoms with Crippen LogP contribution in [-0.4, -0.2) is 23.1 Å². The second-order valence-electron chi connectivity index (χ2n) is 4.22. The van der Waals surface area contributed by atoms with E-state index in [2.05, 4.69) is 4.72 Å². The van der Waals surface area contributed by atoms with Gasteiger partial charge in [-0.2, -0.15) is 0 Å². The van der Waals surface area contributed by atoms with Crippen LogP contribution in [0.3, 0.4) is 0 Å². The maximum Gasteiger partial charge on any atom is 0.261 e. The van der Waals surface area contributed by atoms with Crippen molar-refractivity contribution < 1.29 is 16.8 Å². The van der Waals surface area contributed by atoms with E-state index in [1.165, 1.54) is 36.4 Å². The van der Waals surface area contributed by atoms with Crippen LogP contribution in [0.25, 0.3) is 0 Å². The van der Waals surface area contributed by atoms with E-state index in [4.69, 9.17) is 0 Å². The summed E-state index contributed by atoms with van der Waals surface area (Å²) in [7, 11) is -7.10. The Kier molecular flexibility index (Phi) is 3.82. The lowest BCUT2D eigenvalue weighted by molar-refractivity contribution is 0.599. The van der Waals surface area contributed by atoms with Gasteiger partial charge in [0.15, 0.2) is 9.84 Å². The highest BCUT2D eigenvalue weighted by molar-refractivity contribution is 7.92. The number of sulfone groups is 1. The molecule has 0 aromatic heterocycles. The molecule has 0 saturated heterocycles. The highest BCUT2D eigenvalue weighted by atomic mass is 32.2. The van der Waals surface area contributed by atoms with E-state index < -0.39 is 19.9 Å².